The van der Waals surface area contributed by atoms with Gasteiger partial charge in [0.1, 0.15) is 11.3 Å². The lowest BCUT2D eigenvalue weighted by atomic mass is 9.97. The third kappa shape index (κ3) is 3.41. The second kappa shape index (κ2) is 6.48. The fraction of sp³-hybridized carbons (Fsp3) is 0.529. The van der Waals surface area contributed by atoms with E-state index < -0.39 is 11.4 Å². The predicted octanol–water partition coefficient (Wildman–Crippen LogP) is 1.61. The van der Waals surface area contributed by atoms with Crippen LogP contribution in [-0.2, 0) is 17.8 Å². The second-order valence-electron chi connectivity index (χ2n) is 6.36. The van der Waals surface area contributed by atoms with Crippen LogP contribution in [0.4, 0.5) is 4.79 Å². The zero-order valence-electron chi connectivity index (χ0n) is 13.2. The van der Waals surface area contributed by atoms with Gasteiger partial charge in [0.05, 0.1) is 6.61 Å². The van der Waals surface area contributed by atoms with Crippen molar-refractivity contribution in [1.82, 2.24) is 10.6 Å². The summed E-state index contributed by atoms with van der Waals surface area (Å²) in [7, 11) is 0. The van der Waals surface area contributed by atoms with Crippen molar-refractivity contribution >= 4 is 11.9 Å². The highest BCUT2D eigenvalue weighted by Crippen LogP contribution is 2.29. The van der Waals surface area contributed by atoms with E-state index in [4.69, 9.17) is 10.5 Å². The third-order valence-corrected chi connectivity index (χ3v) is 4.71. The molecular formula is C17H23N3O3. The normalized spacial score (nSPS) is 18.6. The first-order valence-electron chi connectivity index (χ1n) is 8.20. The summed E-state index contributed by atoms with van der Waals surface area (Å²) < 4.78 is 5.58. The first kappa shape index (κ1) is 15.6. The zero-order valence-corrected chi connectivity index (χ0v) is 13.2. The van der Waals surface area contributed by atoms with E-state index in [1.54, 1.807) is 0 Å². The van der Waals surface area contributed by atoms with Crippen LogP contribution in [0.15, 0.2) is 18.2 Å². The van der Waals surface area contributed by atoms with Gasteiger partial charge < -0.3 is 21.1 Å². The van der Waals surface area contributed by atoms with E-state index in [1.165, 1.54) is 5.56 Å². The molecule has 6 heteroatoms. The van der Waals surface area contributed by atoms with Crippen LogP contribution in [0.5, 0.6) is 5.75 Å². The number of benzene rings is 1. The average molecular weight is 317 g/mol. The molecule has 0 atom stereocenters. The van der Waals surface area contributed by atoms with Crippen molar-refractivity contribution in [2.75, 3.05) is 6.61 Å². The van der Waals surface area contributed by atoms with Gasteiger partial charge >= 0.3 is 6.03 Å². The van der Waals surface area contributed by atoms with E-state index >= 15 is 0 Å². The van der Waals surface area contributed by atoms with E-state index in [1.807, 2.05) is 12.1 Å². The lowest BCUT2D eigenvalue weighted by molar-refractivity contribution is -0.123. The number of aryl methyl sites for hydroxylation is 1. The third-order valence-electron chi connectivity index (χ3n) is 4.71. The molecule has 0 aromatic heterocycles. The molecule has 2 aliphatic rings. The van der Waals surface area contributed by atoms with E-state index in [0.29, 0.717) is 19.4 Å². The highest BCUT2D eigenvalue weighted by atomic mass is 16.5. The van der Waals surface area contributed by atoms with Crippen LogP contribution in [0.3, 0.4) is 0 Å². The summed E-state index contributed by atoms with van der Waals surface area (Å²) in [5.74, 6) is 0.485. The number of urea groups is 1. The van der Waals surface area contributed by atoms with Gasteiger partial charge in [-0.25, -0.2) is 4.79 Å². The van der Waals surface area contributed by atoms with Crippen molar-refractivity contribution in [3.05, 3.63) is 29.3 Å². The van der Waals surface area contributed by atoms with Crippen LogP contribution in [0, 0.1) is 0 Å². The number of rotatable bonds is 4. The number of amides is 3. The number of nitrogens with one attached hydrogen (secondary N) is 2. The molecule has 0 spiro atoms. The zero-order chi connectivity index (χ0) is 16.3. The summed E-state index contributed by atoms with van der Waals surface area (Å²) in [5, 5.41) is 5.59. The highest BCUT2D eigenvalue weighted by molar-refractivity contribution is 5.90. The Morgan fingerprint density at radius 3 is 2.74 bits per heavy atom. The maximum atomic E-state index is 12.1. The monoisotopic (exact) mass is 317 g/mol. The second-order valence-corrected chi connectivity index (χ2v) is 6.36. The molecule has 23 heavy (non-hydrogen) atoms. The summed E-state index contributed by atoms with van der Waals surface area (Å²) in [6.45, 7) is 1.18. The summed E-state index contributed by atoms with van der Waals surface area (Å²) in [4.78, 5) is 23.8. The molecule has 3 amide bonds. The van der Waals surface area contributed by atoms with Gasteiger partial charge in [0, 0.05) is 6.54 Å². The van der Waals surface area contributed by atoms with E-state index in [-0.39, 0.29) is 6.03 Å². The van der Waals surface area contributed by atoms with Gasteiger partial charge in [-0.1, -0.05) is 25.0 Å². The Balaban J connectivity index is 1.57. The van der Waals surface area contributed by atoms with E-state index in [2.05, 4.69) is 16.7 Å². The topological polar surface area (TPSA) is 93.5 Å². The number of carbonyl (C=O) groups excluding carboxylic acids is 2. The summed E-state index contributed by atoms with van der Waals surface area (Å²) >= 11 is 0. The van der Waals surface area contributed by atoms with Crippen molar-refractivity contribution in [1.29, 1.82) is 0 Å². The number of carbonyl (C=O) groups is 2. The number of hydrogen-bond acceptors (Lipinski definition) is 3. The molecular weight excluding hydrogens is 294 g/mol. The van der Waals surface area contributed by atoms with E-state index in [9.17, 15) is 9.59 Å². The molecule has 0 radical (unpaired) electrons. The quantitative estimate of drug-likeness (QED) is 0.787. The van der Waals surface area contributed by atoms with Crippen LogP contribution in [0.1, 0.15) is 43.2 Å². The van der Waals surface area contributed by atoms with Crippen molar-refractivity contribution in [2.24, 2.45) is 5.73 Å². The Morgan fingerprint density at radius 2 is 2.00 bits per heavy atom. The van der Waals surface area contributed by atoms with Gasteiger partial charge in [-0.15, -0.1) is 0 Å². The van der Waals surface area contributed by atoms with Crippen molar-refractivity contribution in [2.45, 2.75) is 50.6 Å². The lowest BCUT2D eigenvalue weighted by Crippen LogP contribution is -2.57. The maximum absolute atomic E-state index is 12.1. The number of nitrogens with two attached hydrogens (primary N) is 1. The van der Waals surface area contributed by atoms with Crippen molar-refractivity contribution < 1.29 is 14.3 Å². The molecule has 1 aliphatic heterocycles. The fourth-order valence-corrected chi connectivity index (χ4v) is 3.38. The largest absolute Gasteiger partial charge is 0.493 e. The molecule has 3 rings (SSSR count). The lowest BCUT2D eigenvalue weighted by Gasteiger charge is -2.26. The first-order valence-corrected chi connectivity index (χ1v) is 8.20. The van der Waals surface area contributed by atoms with Crippen LogP contribution in [0.2, 0.25) is 0 Å². The molecule has 0 bridgehead atoms. The molecule has 6 nitrogen and oxygen atoms in total. The first-order chi connectivity index (χ1) is 11.1. The molecule has 1 saturated carbocycles. The summed E-state index contributed by atoms with van der Waals surface area (Å²) in [6.07, 6.45) is 5.08. The molecule has 1 aromatic carbocycles. The van der Waals surface area contributed by atoms with Gasteiger partial charge in [-0.2, -0.15) is 0 Å². The van der Waals surface area contributed by atoms with Gasteiger partial charge in [-0.3, -0.25) is 4.79 Å². The Hall–Kier alpha value is -2.24. The van der Waals surface area contributed by atoms with Crippen molar-refractivity contribution in [3.8, 4) is 5.75 Å². The molecule has 1 fully saturated rings. The Kier molecular flexibility index (Phi) is 4.41. The summed E-state index contributed by atoms with van der Waals surface area (Å²) in [5.41, 5.74) is 6.79. The number of ether oxygens (including phenoxy) is 1. The Labute approximate surface area is 135 Å². The number of primary amides is 1. The van der Waals surface area contributed by atoms with Gasteiger partial charge in [0.15, 0.2) is 0 Å². The van der Waals surface area contributed by atoms with Crippen LogP contribution >= 0.6 is 0 Å². The minimum absolute atomic E-state index is 0.348. The molecule has 124 valence electrons. The molecule has 0 unspecified atom stereocenters. The van der Waals surface area contributed by atoms with Crippen LogP contribution < -0.4 is 21.1 Å². The van der Waals surface area contributed by atoms with E-state index in [0.717, 1.165) is 43.6 Å². The Morgan fingerprint density at radius 1 is 1.22 bits per heavy atom. The molecule has 1 heterocycles. The van der Waals surface area contributed by atoms with Gasteiger partial charge in [-0.05, 0) is 42.9 Å². The molecule has 1 aliphatic carbocycles. The van der Waals surface area contributed by atoms with Gasteiger partial charge in [0.2, 0.25) is 5.91 Å². The maximum Gasteiger partial charge on any atom is 0.315 e. The van der Waals surface area contributed by atoms with Crippen molar-refractivity contribution in [3.63, 3.8) is 0 Å². The average Bonchev–Trinajstić information content (AvgIpc) is 3.02. The SMILES string of the molecule is NC(=O)C1(NC(=O)NCc2ccc3c(c2)CCCO3)CCCC1. The van der Waals surface area contributed by atoms with Crippen LogP contribution in [-0.4, -0.2) is 24.1 Å². The molecule has 4 N–H and O–H groups in total. The summed E-state index contributed by atoms with van der Waals surface area (Å²) in [6, 6.07) is 5.61. The van der Waals surface area contributed by atoms with Crippen LogP contribution in [0.25, 0.3) is 0 Å². The molecule has 1 aromatic rings. The number of fused-ring (bicyclic) bond motifs is 1. The molecule has 0 saturated heterocycles. The number of hydrogen-bond donors (Lipinski definition) is 3. The highest BCUT2D eigenvalue weighted by Gasteiger charge is 2.40. The Bertz CT molecular complexity index is 609. The van der Waals surface area contributed by atoms with Gasteiger partial charge in [0.25, 0.3) is 0 Å². The predicted molar refractivity (Wildman–Crippen MR) is 86.0 cm³/mol. The minimum Gasteiger partial charge on any atom is -0.493 e. The minimum atomic E-state index is -0.881. The fourth-order valence-electron chi connectivity index (χ4n) is 3.38. The standard InChI is InChI=1S/C17H23N3O3/c18-15(21)17(7-1-2-8-17)20-16(22)19-11-12-5-6-14-13(10-12)4-3-9-23-14/h5-6,10H,1-4,7-9,11H2,(H2,18,21)(H2,19,20,22). The smallest absolute Gasteiger partial charge is 0.315 e.